The Labute approximate surface area is 295 Å². The molecular weight excluding hydrogens is 631 g/mol. The summed E-state index contributed by atoms with van der Waals surface area (Å²) in [5.41, 5.74) is 8.36. The Kier molecular flexibility index (Phi) is 6.25. The topological polar surface area (TPSA) is 3.24 Å². The average Bonchev–Trinajstić information content (AvgIpc) is 3.69. The van der Waals surface area contributed by atoms with Gasteiger partial charge in [0.25, 0.3) is 0 Å². The minimum atomic E-state index is 0.370. The van der Waals surface area contributed by atoms with Crippen molar-refractivity contribution in [1.82, 2.24) is 0 Å². The van der Waals surface area contributed by atoms with Crippen molar-refractivity contribution in [2.24, 2.45) is 17.8 Å². The van der Waals surface area contributed by atoms with Gasteiger partial charge in [-0.2, -0.15) is 0 Å². The molecule has 0 saturated heterocycles. The molecule has 0 N–H and O–H groups in total. The van der Waals surface area contributed by atoms with E-state index in [0.717, 1.165) is 17.8 Å². The molecule has 0 spiro atoms. The fourth-order valence-electron chi connectivity index (χ4n) is 10.6. The van der Waals surface area contributed by atoms with Gasteiger partial charge in [-0.25, -0.2) is 0 Å². The first-order valence-corrected chi connectivity index (χ1v) is 19.6. The maximum atomic E-state index is 2.48. The molecule has 238 valence electrons. The monoisotopic (exact) mass is 667 g/mol. The van der Waals surface area contributed by atoms with Gasteiger partial charge < -0.3 is 4.90 Å². The van der Waals surface area contributed by atoms with E-state index in [-0.39, 0.29) is 0 Å². The van der Waals surface area contributed by atoms with E-state index in [1.54, 1.807) is 5.56 Å². The van der Waals surface area contributed by atoms with Crippen molar-refractivity contribution >= 4 is 80.1 Å². The first kappa shape index (κ1) is 28.4. The highest BCUT2D eigenvalue weighted by molar-refractivity contribution is 7.26. The fraction of sp³-hybridized carbons (Fsp3) is 0.217. The van der Waals surface area contributed by atoms with Crippen LogP contribution in [-0.2, 0) is 5.41 Å². The number of fused-ring (bicyclic) bond motifs is 6. The molecule has 4 bridgehead atoms. The minimum Gasteiger partial charge on any atom is -0.310 e. The summed E-state index contributed by atoms with van der Waals surface area (Å²) in [6.07, 6.45) is 8.61. The van der Waals surface area contributed by atoms with E-state index in [1.165, 1.54) is 107 Å². The zero-order valence-electron chi connectivity index (χ0n) is 27.4. The summed E-state index contributed by atoms with van der Waals surface area (Å²) in [5.74, 6) is 2.81. The van der Waals surface area contributed by atoms with Crippen LogP contribution in [-0.4, -0.2) is 0 Å². The van der Waals surface area contributed by atoms with Gasteiger partial charge in [-0.3, -0.25) is 0 Å². The van der Waals surface area contributed by atoms with E-state index in [0.29, 0.717) is 5.41 Å². The van der Waals surface area contributed by atoms with Crippen LogP contribution in [0.4, 0.5) is 17.1 Å². The zero-order valence-corrected chi connectivity index (χ0v) is 29.1. The van der Waals surface area contributed by atoms with Crippen LogP contribution in [0.25, 0.3) is 51.5 Å². The number of thiophene rings is 2. The van der Waals surface area contributed by atoms with Crippen molar-refractivity contribution in [1.29, 1.82) is 0 Å². The van der Waals surface area contributed by atoms with E-state index in [1.807, 2.05) is 22.7 Å². The minimum absolute atomic E-state index is 0.370. The van der Waals surface area contributed by atoms with Gasteiger partial charge in [0.1, 0.15) is 0 Å². The number of anilines is 3. The van der Waals surface area contributed by atoms with Gasteiger partial charge in [0.15, 0.2) is 0 Å². The van der Waals surface area contributed by atoms with Crippen LogP contribution in [0.2, 0.25) is 0 Å². The summed E-state index contributed by atoms with van der Waals surface area (Å²) < 4.78 is 5.34. The van der Waals surface area contributed by atoms with Gasteiger partial charge in [-0.15, -0.1) is 22.7 Å². The lowest BCUT2D eigenvalue weighted by Gasteiger charge is -2.57. The Morgan fingerprint density at radius 3 is 1.49 bits per heavy atom. The Morgan fingerprint density at radius 1 is 0.449 bits per heavy atom. The highest BCUT2D eigenvalue weighted by atomic mass is 32.1. The van der Waals surface area contributed by atoms with Gasteiger partial charge in [0, 0.05) is 57.4 Å². The molecule has 4 fully saturated rings. The first-order valence-electron chi connectivity index (χ1n) is 18.0. The Bertz CT molecular complexity index is 2400. The first-order chi connectivity index (χ1) is 24.2. The predicted octanol–water partition coefficient (Wildman–Crippen LogP) is 14.0. The molecule has 4 aliphatic rings. The van der Waals surface area contributed by atoms with Crippen molar-refractivity contribution in [2.45, 2.75) is 43.9 Å². The fourth-order valence-corrected chi connectivity index (χ4v) is 12.9. The van der Waals surface area contributed by atoms with Crippen LogP contribution in [0, 0.1) is 17.8 Å². The summed E-state index contributed by atoms with van der Waals surface area (Å²) in [6, 6.07) is 50.5. The van der Waals surface area contributed by atoms with Crippen LogP contribution in [0.3, 0.4) is 0 Å². The average molecular weight is 668 g/mol. The Balaban J connectivity index is 1.04. The molecule has 4 saturated carbocycles. The van der Waals surface area contributed by atoms with Crippen molar-refractivity contribution in [3.05, 3.63) is 139 Å². The third kappa shape index (κ3) is 4.48. The maximum absolute atomic E-state index is 2.48. The van der Waals surface area contributed by atoms with Crippen molar-refractivity contribution in [2.75, 3.05) is 4.90 Å². The molecule has 0 radical (unpaired) electrons. The smallest absolute Gasteiger partial charge is 0.0476 e. The predicted molar refractivity (Wildman–Crippen MR) is 212 cm³/mol. The quantitative estimate of drug-likeness (QED) is 0.177. The van der Waals surface area contributed by atoms with Gasteiger partial charge >= 0.3 is 0 Å². The zero-order chi connectivity index (χ0) is 32.1. The highest BCUT2D eigenvalue weighted by Crippen LogP contribution is 2.61. The van der Waals surface area contributed by atoms with Crippen LogP contribution in [0.5, 0.6) is 0 Å². The van der Waals surface area contributed by atoms with Crippen LogP contribution in [0.1, 0.15) is 44.1 Å². The van der Waals surface area contributed by atoms with E-state index >= 15 is 0 Å². The van der Waals surface area contributed by atoms with E-state index in [9.17, 15) is 0 Å². The van der Waals surface area contributed by atoms with Crippen LogP contribution in [0.15, 0.2) is 133 Å². The third-order valence-electron chi connectivity index (χ3n) is 12.2. The van der Waals surface area contributed by atoms with Crippen molar-refractivity contribution < 1.29 is 0 Å². The Hall–Kier alpha value is -4.44. The summed E-state index contributed by atoms with van der Waals surface area (Å²) in [4.78, 5) is 2.46. The molecule has 2 aromatic heterocycles. The number of nitrogens with zero attached hydrogens (tertiary/aromatic N) is 1. The molecule has 4 aliphatic carbocycles. The second-order valence-corrected chi connectivity index (χ2v) is 17.4. The summed E-state index contributed by atoms with van der Waals surface area (Å²) in [6.45, 7) is 0. The highest BCUT2D eigenvalue weighted by Gasteiger charge is 2.52. The number of rotatable bonds is 5. The molecule has 1 nitrogen and oxygen atoms in total. The molecule has 0 atom stereocenters. The van der Waals surface area contributed by atoms with Gasteiger partial charge in [-0.05, 0) is 127 Å². The molecule has 0 amide bonds. The van der Waals surface area contributed by atoms with Crippen LogP contribution >= 0.6 is 22.7 Å². The lowest BCUT2D eigenvalue weighted by Crippen LogP contribution is -2.48. The lowest BCUT2D eigenvalue weighted by atomic mass is 9.47. The maximum Gasteiger partial charge on any atom is 0.0476 e. The van der Waals surface area contributed by atoms with Gasteiger partial charge in [0.05, 0.1) is 0 Å². The molecule has 8 aromatic rings. The lowest BCUT2D eigenvalue weighted by molar-refractivity contribution is -0.00492. The SMILES string of the molecule is c1ccc(C23CC4CC(CC(C4)C2)C3)c(-c2ccc(N(c3ccc4c(c3)sc3ccccc34)c3ccc4c(c3)sc3ccccc34)cc2)c1. The van der Waals surface area contributed by atoms with Gasteiger partial charge in [0.2, 0.25) is 0 Å². The molecule has 6 aromatic carbocycles. The molecule has 0 aliphatic heterocycles. The van der Waals surface area contributed by atoms with E-state index in [2.05, 4.69) is 138 Å². The number of benzene rings is 6. The molecule has 3 heteroatoms. The van der Waals surface area contributed by atoms with Crippen molar-refractivity contribution in [3.63, 3.8) is 0 Å². The largest absolute Gasteiger partial charge is 0.310 e. The summed E-state index contributed by atoms with van der Waals surface area (Å²) >= 11 is 3.78. The molecule has 0 unspecified atom stereocenters. The summed E-state index contributed by atoms with van der Waals surface area (Å²) in [7, 11) is 0. The second kappa shape index (κ2) is 10.8. The van der Waals surface area contributed by atoms with Crippen LogP contribution < -0.4 is 4.90 Å². The third-order valence-corrected chi connectivity index (χ3v) is 14.5. The van der Waals surface area contributed by atoms with E-state index in [4.69, 9.17) is 0 Å². The normalized spacial score (nSPS) is 22.9. The van der Waals surface area contributed by atoms with E-state index < -0.39 is 0 Å². The standard InChI is InChI=1S/C46H37NS2/c1-4-10-41(46-26-29-21-30(27-46)23-31(22-29)28-46)36(7-1)32-13-15-33(16-14-32)47(34-17-19-39-37-8-2-5-11-42(37)48-44(39)24-34)35-18-20-40-38-9-3-6-12-43(38)49-45(40)25-35/h1-20,24-25,29-31H,21-23,26-28H2. The molecule has 2 heterocycles. The second-order valence-electron chi connectivity index (χ2n) is 15.2. The molecule has 12 rings (SSSR count). The summed E-state index contributed by atoms with van der Waals surface area (Å²) in [5, 5.41) is 5.35. The number of hydrogen-bond donors (Lipinski definition) is 0. The Morgan fingerprint density at radius 2 is 0.918 bits per heavy atom. The van der Waals surface area contributed by atoms with Crippen molar-refractivity contribution in [3.8, 4) is 11.1 Å². The number of hydrogen-bond acceptors (Lipinski definition) is 3. The van der Waals surface area contributed by atoms with Gasteiger partial charge in [-0.1, -0.05) is 84.9 Å². The molecule has 49 heavy (non-hydrogen) atoms. The molecular formula is C46H37NS2.